The van der Waals surface area contributed by atoms with Crippen LogP contribution in [0.5, 0.6) is 0 Å². The zero-order chi connectivity index (χ0) is 20.6. The number of halogens is 1. The number of amides is 1. The van der Waals surface area contributed by atoms with E-state index in [2.05, 4.69) is 29.2 Å². The highest BCUT2D eigenvalue weighted by Crippen LogP contribution is 2.37. The molecule has 1 unspecified atom stereocenters. The summed E-state index contributed by atoms with van der Waals surface area (Å²) in [6.07, 6.45) is 5.82. The van der Waals surface area contributed by atoms with E-state index in [9.17, 15) is 4.79 Å². The lowest BCUT2D eigenvalue weighted by molar-refractivity contribution is 0.0118. The van der Waals surface area contributed by atoms with Crippen LogP contribution in [0.15, 0.2) is 36.5 Å². The van der Waals surface area contributed by atoms with Crippen LogP contribution in [0.1, 0.15) is 49.2 Å². The number of hydrogen-bond acceptors (Lipinski definition) is 4. The van der Waals surface area contributed by atoms with Crippen molar-refractivity contribution in [1.29, 1.82) is 0 Å². The van der Waals surface area contributed by atoms with E-state index in [1.54, 1.807) is 4.90 Å². The summed E-state index contributed by atoms with van der Waals surface area (Å²) in [5, 5.41) is 0.723. The summed E-state index contributed by atoms with van der Waals surface area (Å²) in [6, 6.07) is 10.1. The minimum Gasteiger partial charge on any atom is -0.444 e. The van der Waals surface area contributed by atoms with Crippen molar-refractivity contribution >= 4 is 29.8 Å². The van der Waals surface area contributed by atoms with Crippen molar-refractivity contribution in [3.05, 3.63) is 63.9 Å². The van der Waals surface area contributed by atoms with Gasteiger partial charge in [-0.15, -0.1) is 0 Å². The van der Waals surface area contributed by atoms with Crippen LogP contribution in [0.4, 0.5) is 4.79 Å². The number of rotatable bonds is 1. The minimum atomic E-state index is -0.484. The second kappa shape index (κ2) is 7.81. The number of carbonyl (C=O) groups excluding carboxylic acids is 1. The number of benzene rings is 1. The second-order valence-corrected chi connectivity index (χ2v) is 8.93. The molecule has 5 nitrogen and oxygen atoms in total. The largest absolute Gasteiger partial charge is 0.444 e. The SMILES string of the molecule is CC(C)(C)OC(=O)N1CCN(C2c3ccc(Cl)cc3C=Cc3cccnc32)CC1. The molecule has 0 N–H and O–H groups in total. The molecule has 1 aromatic carbocycles. The molecule has 0 saturated carbocycles. The third-order valence-electron chi connectivity index (χ3n) is 5.25. The van der Waals surface area contributed by atoms with Gasteiger partial charge in [0.1, 0.15) is 5.60 Å². The molecule has 6 heteroatoms. The maximum Gasteiger partial charge on any atom is 0.410 e. The average Bonchev–Trinajstić information content (AvgIpc) is 2.83. The van der Waals surface area contributed by atoms with Crippen LogP contribution < -0.4 is 0 Å². The smallest absolute Gasteiger partial charge is 0.410 e. The van der Waals surface area contributed by atoms with Crippen LogP contribution in [-0.4, -0.2) is 52.7 Å². The summed E-state index contributed by atoms with van der Waals surface area (Å²) in [5.74, 6) is 0. The number of ether oxygens (including phenoxy) is 1. The Kier molecular flexibility index (Phi) is 5.36. The van der Waals surface area contributed by atoms with E-state index in [1.165, 1.54) is 5.56 Å². The topological polar surface area (TPSA) is 45.7 Å². The molecule has 2 heterocycles. The van der Waals surface area contributed by atoms with Crippen molar-refractivity contribution in [2.24, 2.45) is 0 Å². The molecular formula is C23H26ClN3O2. The third-order valence-corrected chi connectivity index (χ3v) is 5.48. The van der Waals surface area contributed by atoms with Crippen molar-refractivity contribution < 1.29 is 9.53 Å². The van der Waals surface area contributed by atoms with Gasteiger partial charge in [-0.25, -0.2) is 4.79 Å². The van der Waals surface area contributed by atoms with E-state index in [4.69, 9.17) is 21.3 Å². The number of carbonyl (C=O) groups is 1. The Labute approximate surface area is 176 Å². The molecule has 1 saturated heterocycles. The lowest BCUT2D eigenvalue weighted by Gasteiger charge is -2.40. The predicted octanol–water partition coefficient (Wildman–Crippen LogP) is 4.86. The highest BCUT2D eigenvalue weighted by Gasteiger charge is 2.33. The standard InChI is InChI=1S/C23H26ClN3O2/c1-23(2,3)29-22(28)27-13-11-26(12-14-27)21-19-9-8-18(24)15-17(19)7-6-16-5-4-10-25-20(16)21/h4-10,15,21H,11-14H2,1-3H3. The first-order valence-corrected chi connectivity index (χ1v) is 10.3. The molecule has 1 aliphatic carbocycles. The van der Waals surface area contributed by atoms with Crippen molar-refractivity contribution in [2.75, 3.05) is 26.2 Å². The quantitative estimate of drug-likeness (QED) is 0.672. The predicted molar refractivity (Wildman–Crippen MR) is 116 cm³/mol. The zero-order valence-corrected chi connectivity index (χ0v) is 17.8. The van der Waals surface area contributed by atoms with Gasteiger partial charge in [0, 0.05) is 37.4 Å². The van der Waals surface area contributed by atoms with Gasteiger partial charge in [0.15, 0.2) is 0 Å². The average molecular weight is 412 g/mol. The first kappa shape index (κ1) is 19.9. The number of hydrogen-bond donors (Lipinski definition) is 0. The van der Waals surface area contributed by atoms with Crippen LogP contribution in [0.25, 0.3) is 12.2 Å². The third kappa shape index (κ3) is 4.31. The summed E-state index contributed by atoms with van der Waals surface area (Å²) in [6.45, 7) is 8.44. The van der Waals surface area contributed by atoms with E-state index >= 15 is 0 Å². The van der Waals surface area contributed by atoms with Gasteiger partial charge in [-0.2, -0.15) is 0 Å². The summed E-state index contributed by atoms with van der Waals surface area (Å²) in [4.78, 5) is 21.3. The fraction of sp³-hybridized carbons (Fsp3) is 0.391. The Balaban J connectivity index is 1.61. The van der Waals surface area contributed by atoms with E-state index in [-0.39, 0.29) is 12.1 Å². The van der Waals surface area contributed by atoms with Gasteiger partial charge in [0.05, 0.1) is 11.7 Å². The molecule has 1 fully saturated rings. The van der Waals surface area contributed by atoms with Gasteiger partial charge in [-0.3, -0.25) is 9.88 Å². The molecule has 0 radical (unpaired) electrons. The van der Waals surface area contributed by atoms with E-state index in [1.807, 2.05) is 45.2 Å². The van der Waals surface area contributed by atoms with Gasteiger partial charge >= 0.3 is 6.09 Å². The van der Waals surface area contributed by atoms with Gasteiger partial charge in [0.2, 0.25) is 0 Å². The number of fused-ring (bicyclic) bond motifs is 2. The molecule has 0 spiro atoms. The Bertz CT molecular complexity index is 943. The Morgan fingerprint density at radius 1 is 1.10 bits per heavy atom. The Hall–Kier alpha value is -2.37. The van der Waals surface area contributed by atoms with Crippen molar-refractivity contribution in [3.63, 3.8) is 0 Å². The fourth-order valence-electron chi connectivity index (χ4n) is 3.92. The lowest BCUT2D eigenvalue weighted by atomic mass is 9.96. The summed E-state index contributed by atoms with van der Waals surface area (Å²) in [7, 11) is 0. The van der Waals surface area contributed by atoms with Crippen LogP contribution in [0, 0.1) is 0 Å². The lowest BCUT2D eigenvalue weighted by Crippen LogP contribution is -2.51. The Morgan fingerprint density at radius 2 is 1.83 bits per heavy atom. The first-order chi connectivity index (χ1) is 13.8. The van der Waals surface area contributed by atoms with Gasteiger partial charge in [0.25, 0.3) is 0 Å². The van der Waals surface area contributed by atoms with Crippen LogP contribution in [-0.2, 0) is 4.74 Å². The molecule has 1 amide bonds. The molecule has 152 valence electrons. The van der Waals surface area contributed by atoms with E-state index in [0.717, 1.165) is 34.9 Å². The van der Waals surface area contributed by atoms with Gasteiger partial charge < -0.3 is 9.64 Å². The maximum atomic E-state index is 12.4. The number of pyridine rings is 1. The van der Waals surface area contributed by atoms with Crippen molar-refractivity contribution in [1.82, 2.24) is 14.8 Å². The minimum absolute atomic E-state index is 0.0225. The van der Waals surface area contributed by atoms with Crippen molar-refractivity contribution in [2.45, 2.75) is 32.4 Å². The van der Waals surface area contributed by atoms with Crippen LogP contribution in [0.2, 0.25) is 5.02 Å². The molecule has 29 heavy (non-hydrogen) atoms. The maximum absolute atomic E-state index is 12.4. The van der Waals surface area contributed by atoms with E-state index in [0.29, 0.717) is 13.1 Å². The fourth-order valence-corrected chi connectivity index (χ4v) is 4.10. The molecule has 4 rings (SSSR count). The molecule has 2 aromatic rings. The molecule has 0 bridgehead atoms. The highest BCUT2D eigenvalue weighted by atomic mass is 35.5. The summed E-state index contributed by atoms with van der Waals surface area (Å²) < 4.78 is 5.54. The molecule has 1 atom stereocenters. The normalized spacial score (nSPS) is 19.3. The van der Waals surface area contributed by atoms with Gasteiger partial charge in [-0.05, 0) is 55.7 Å². The Morgan fingerprint density at radius 3 is 2.55 bits per heavy atom. The second-order valence-electron chi connectivity index (χ2n) is 8.49. The van der Waals surface area contributed by atoms with Crippen LogP contribution >= 0.6 is 11.6 Å². The van der Waals surface area contributed by atoms with Crippen LogP contribution in [0.3, 0.4) is 0 Å². The summed E-state index contributed by atoms with van der Waals surface area (Å²) >= 11 is 6.26. The molecule has 1 aromatic heterocycles. The molecule has 2 aliphatic rings. The zero-order valence-electron chi connectivity index (χ0n) is 17.1. The van der Waals surface area contributed by atoms with E-state index < -0.39 is 5.60 Å². The van der Waals surface area contributed by atoms with Crippen molar-refractivity contribution in [3.8, 4) is 0 Å². The summed E-state index contributed by atoms with van der Waals surface area (Å²) in [5.41, 5.74) is 3.96. The highest BCUT2D eigenvalue weighted by molar-refractivity contribution is 6.30. The monoisotopic (exact) mass is 411 g/mol. The molecular weight excluding hydrogens is 386 g/mol. The first-order valence-electron chi connectivity index (χ1n) is 9.96. The molecule has 1 aliphatic heterocycles. The number of aromatic nitrogens is 1. The van der Waals surface area contributed by atoms with Gasteiger partial charge in [-0.1, -0.05) is 35.9 Å². The number of nitrogens with zero attached hydrogens (tertiary/aromatic N) is 3. The number of piperazine rings is 1.